The zero-order chi connectivity index (χ0) is 19.5. The lowest BCUT2D eigenvalue weighted by molar-refractivity contribution is -0.113. The molecule has 2 aromatic rings. The van der Waals surface area contributed by atoms with Crippen molar-refractivity contribution >= 4 is 51.7 Å². The van der Waals surface area contributed by atoms with E-state index in [-0.39, 0.29) is 5.91 Å². The standard InChI is InChI=1S/C23H20N2OS2/c1-2-15-24-16-14-17-8-6-7-11-19(17)20(24)12-13-21-22(26)25(23(27)28-21)18-9-4-3-5-10-18/h3-14,16H,2,15H2,1H3. The molecule has 28 heavy (non-hydrogen) atoms. The molecule has 0 aliphatic carbocycles. The Hall–Kier alpha value is -2.63. The van der Waals surface area contributed by atoms with Gasteiger partial charge in [-0.3, -0.25) is 9.69 Å². The van der Waals surface area contributed by atoms with Gasteiger partial charge in [-0.2, -0.15) is 0 Å². The molecule has 0 bridgehead atoms. The molecule has 0 spiro atoms. The number of hydrogen-bond donors (Lipinski definition) is 0. The molecule has 0 aromatic heterocycles. The molecule has 1 amide bonds. The third kappa shape index (κ3) is 3.55. The van der Waals surface area contributed by atoms with Gasteiger partial charge in [0.2, 0.25) is 0 Å². The van der Waals surface area contributed by atoms with Crippen LogP contribution in [-0.4, -0.2) is 21.7 Å². The van der Waals surface area contributed by atoms with Crippen LogP contribution in [0, 0.1) is 0 Å². The van der Waals surface area contributed by atoms with Crippen molar-refractivity contribution in [1.29, 1.82) is 0 Å². The summed E-state index contributed by atoms with van der Waals surface area (Å²) in [4.78, 5) is 17.4. The summed E-state index contributed by atoms with van der Waals surface area (Å²) in [5, 5.41) is 0. The number of rotatable bonds is 4. The molecule has 2 heterocycles. The molecule has 0 radical (unpaired) electrons. The Morgan fingerprint density at radius 2 is 1.79 bits per heavy atom. The second-order valence-electron chi connectivity index (χ2n) is 6.52. The van der Waals surface area contributed by atoms with Crippen molar-refractivity contribution in [1.82, 2.24) is 4.90 Å². The average Bonchev–Trinajstić information content (AvgIpc) is 3.01. The van der Waals surface area contributed by atoms with Crippen molar-refractivity contribution in [3.05, 3.63) is 89.0 Å². The number of anilines is 1. The molecule has 1 fully saturated rings. The molecule has 5 heteroatoms. The molecule has 140 valence electrons. The van der Waals surface area contributed by atoms with E-state index < -0.39 is 0 Å². The summed E-state index contributed by atoms with van der Waals surface area (Å²) in [6, 6.07) is 17.9. The van der Waals surface area contributed by atoms with Crippen molar-refractivity contribution in [2.24, 2.45) is 0 Å². The molecule has 3 nitrogen and oxygen atoms in total. The minimum absolute atomic E-state index is 0.0697. The molecule has 0 unspecified atom stereocenters. The summed E-state index contributed by atoms with van der Waals surface area (Å²) in [6.07, 6.45) is 9.23. The van der Waals surface area contributed by atoms with E-state index in [2.05, 4.69) is 36.2 Å². The Bertz CT molecular complexity index is 1010. The number of para-hydroxylation sites is 1. The van der Waals surface area contributed by atoms with Gasteiger partial charge >= 0.3 is 0 Å². The van der Waals surface area contributed by atoms with Crippen LogP contribution in [0.3, 0.4) is 0 Å². The minimum atomic E-state index is -0.0697. The average molecular weight is 405 g/mol. The van der Waals surface area contributed by atoms with Gasteiger partial charge in [0.05, 0.1) is 10.6 Å². The van der Waals surface area contributed by atoms with E-state index in [4.69, 9.17) is 12.2 Å². The third-order valence-corrected chi connectivity index (χ3v) is 5.97. The van der Waals surface area contributed by atoms with Crippen LogP contribution in [0.4, 0.5) is 5.69 Å². The van der Waals surface area contributed by atoms with E-state index in [0.717, 1.165) is 24.4 Å². The highest BCUT2D eigenvalue weighted by Crippen LogP contribution is 2.36. The van der Waals surface area contributed by atoms with Crippen LogP contribution in [0.1, 0.15) is 24.5 Å². The second-order valence-corrected chi connectivity index (χ2v) is 8.20. The van der Waals surface area contributed by atoms with Gasteiger partial charge in [0.15, 0.2) is 4.32 Å². The van der Waals surface area contributed by atoms with Crippen molar-refractivity contribution < 1.29 is 4.79 Å². The van der Waals surface area contributed by atoms with E-state index in [1.54, 1.807) is 4.90 Å². The smallest absolute Gasteiger partial charge is 0.270 e. The van der Waals surface area contributed by atoms with Crippen LogP contribution in [0.2, 0.25) is 0 Å². The monoisotopic (exact) mass is 404 g/mol. The topological polar surface area (TPSA) is 23.6 Å². The van der Waals surface area contributed by atoms with Crippen LogP contribution >= 0.6 is 24.0 Å². The van der Waals surface area contributed by atoms with E-state index in [1.807, 2.05) is 54.6 Å². The van der Waals surface area contributed by atoms with E-state index >= 15 is 0 Å². The van der Waals surface area contributed by atoms with Gasteiger partial charge in [-0.05, 0) is 42.3 Å². The van der Waals surface area contributed by atoms with Gasteiger partial charge < -0.3 is 4.90 Å². The lowest BCUT2D eigenvalue weighted by Gasteiger charge is -2.28. The summed E-state index contributed by atoms with van der Waals surface area (Å²) in [5.41, 5.74) is 4.27. The number of benzene rings is 2. The molecule has 2 aliphatic rings. The lowest BCUT2D eigenvalue weighted by atomic mass is 10.00. The second kappa shape index (κ2) is 8.17. The van der Waals surface area contributed by atoms with Crippen LogP contribution in [-0.2, 0) is 4.79 Å². The minimum Gasteiger partial charge on any atom is -0.347 e. The van der Waals surface area contributed by atoms with Gasteiger partial charge in [-0.15, -0.1) is 0 Å². The van der Waals surface area contributed by atoms with Gasteiger partial charge in [-0.25, -0.2) is 0 Å². The predicted molar refractivity (Wildman–Crippen MR) is 123 cm³/mol. The summed E-state index contributed by atoms with van der Waals surface area (Å²) in [7, 11) is 0. The Balaban J connectivity index is 1.68. The summed E-state index contributed by atoms with van der Waals surface area (Å²) in [5.74, 6) is -0.0697. The fourth-order valence-electron chi connectivity index (χ4n) is 3.34. The van der Waals surface area contributed by atoms with Crippen molar-refractivity contribution in [3.63, 3.8) is 0 Å². The number of fused-ring (bicyclic) bond motifs is 1. The molecule has 2 aliphatic heterocycles. The first-order valence-electron chi connectivity index (χ1n) is 9.26. The van der Waals surface area contributed by atoms with E-state index in [9.17, 15) is 4.79 Å². The Labute approximate surface area is 175 Å². The number of amides is 1. The summed E-state index contributed by atoms with van der Waals surface area (Å²) in [6.45, 7) is 3.09. The maximum absolute atomic E-state index is 12.9. The fourth-order valence-corrected chi connectivity index (χ4v) is 4.58. The van der Waals surface area contributed by atoms with Crippen LogP contribution < -0.4 is 4.90 Å². The third-order valence-electron chi connectivity index (χ3n) is 4.65. The normalized spacial score (nSPS) is 19.0. The molecular formula is C23H20N2OS2. The van der Waals surface area contributed by atoms with Crippen LogP contribution in [0.5, 0.6) is 0 Å². The molecule has 4 rings (SSSR count). The summed E-state index contributed by atoms with van der Waals surface area (Å²) >= 11 is 6.81. The van der Waals surface area contributed by atoms with Crippen LogP contribution in [0.15, 0.2) is 77.9 Å². The van der Waals surface area contributed by atoms with Gasteiger partial charge in [0, 0.05) is 24.0 Å². The molecule has 2 aromatic carbocycles. The Morgan fingerprint density at radius 3 is 2.57 bits per heavy atom. The number of carbonyl (C=O) groups excluding carboxylic acids is 1. The highest BCUT2D eigenvalue weighted by molar-refractivity contribution is 8.27. The van der Waals surface area contributed by atoms with Gasteiger partial charge in [0.25, 0.3) is 5.91 Å². The zero-order valence-electron chi connectivity index (χ0n) is 15.5. The number of allylic oxidation sites excluding steroid dienone is 2. The first-order valence-corrected chi connectivity index (χ1v) is 10.5. The highest BCUT2D eigenvalue weighted by atomic mass is 32.2. The largest absolute Gasteiger partial charge is 0.347 e. The number of thioether (sulfide) groups is 1. The molecule has 1 saturated heterocycles. The zero-order valence-corrected chi connectivity index (χ0v) is 17.2. The van der Waals surface area contributed by atoms with Gasteiger partial charge in [-0.1, -0.05) is 73.4 Å². The van der Waals surface area contributed by atoms with Crippen molar-refractivity contribution in [3.8, 4) is 0 Å². The number of nitrogens with zero attached hydrogens (tertiary/aromatic N) is 2. The van der Waals surface area contributed by atoms with E-state index in [0.29, 0.717) is 9.23 Å². The SMILES string of the molecule is CCCN1C=Cc2ccccc2C1=CC=C1SC(=S)N(c2ccccc2)C1=O. The molecule has 0 N–H and O–H groups in total. The van der Waals surface area contributed by atoms with Crippen molar-refractivity contribution in [2.75, 3.05) is 11.4 Å². The highest BCUT2D eigenvalue weighted by Gasteiger charge is 2.32. The molecular weight excluding hydrogens is 384 g/mol. The number of hydrogen-bond acceptors (Lipinski definition) is 4. The first kappa shape index (κ1) is 18.7. The maximum Gasteiger partial charge on any atom is 0.270 e. The van der Waals surface area contributed by atoms with E-state index in [1.165, 1.54) is 22.9 Å². The first-order chi connectivity index (χ1) is 13.7. The number of thiocarbonyl (C=S) groups is 1. The molecule has 0 saturated carbocycles. The maximum atomic E-state index is 12.9. The molecule has 0 atom stereocenters. The number of carbonyl (C=O) groups is 1. The predicted octanol–water partition coefficient (Wildman–Crippen LogP) is 5.67. The quantitative estimate of drug-likeness (QED) is 0.484. The Morgan fingerprint density at radius 1 is 1.04 bits per heavy atom. The van der Waals surface area contributed by atoms with Crippen molar-refractivity contribution in [2.45, 2.75) is 13.3 Å². The summed E-state index contributed by atoms with van der Waals surface area (Å²) < 4.78 is 0.565. The Kier molecular flexibility index (Phi) is 5.46. The van der Waals surface area contributed by atoms with Crippen LogP contribution in [0.25, 0.3) is 11.8 Å². The fraction of sp³-hybridized carbons (Fsp3) is 0.130. The lowest BCUT2D eigenvalue weighted by Crippen LogP contribution is -2.27. The van der Waals surface area contributed by atoms with Gasteiger partial charge in [0.1, 0.15) is 0 Å².